The van der Waals surface area contributed by atoms with Gasteiger partial charge in [0.05, 0.1) is 12.3 Å². The van der Waals surface area contributed by atoms with Gasteiger partial charge in [-0.1, -0.05) is 6.58 Å². The van der Waals surface area contributed by atoms with Crippen LogP contribution in [0.1, 0.15) is 5.76 Å². The predicted molar refractivity (Wildman–Crippen MR) is 51.3 cm³/mol. The Hall–Kier alpha value is -2.44. The summed E-state index contributed by atoms with van der Waals surface area (Å²) in [6, 6.07) is 2.52. The second kappa shape index (κ2) is 4.18. The van der Waals surface area contributed by atoms with E-state index in [0.29, 0.717) is 0 Å². The van der Waals surface area contributed by atoms with Gasteiger partial charge < -0.3 is 10.2 Å². The summed E-state index contributed by atoms with van der Waals surface area (Å²) < 4.78 is 4.73. The molecule has 7 heteroatoms. The van der Waals surface area contributed by atoms with Gasteiger partial charge in [-0.2, -0.15) is 0 Å². The molecule has 0 bridgehead atoms. The predicted octanol–water partition coefficient (Wildman–Crippen LogP) is 0.606. The van der Waals surface area contributed by atoms with E-state index < -0.39 is 16.7 Å². The van der Waals surface area contributed by atoms with Crippen molar-refractivity contribution in [1.29, 1.82) is 0 Å². The number of hydrogen-bond donors (Lipinski definition) is 1. The van der Waals surface area contributed by atoms with Gasteiger partial charge in [0.25, 0.3) is 5.91 Å². The highest BCUT2D eigenvalue weighted by molar-refractivity contribution is 5.93. The molecule has 7 nitrogen and oxygen atoms in total. The average Bonchev–Trinajstić information content (AvgIpc) is 2.62. The van der Waals surface area contributed by atoms with Crippen molar-refractivity contribution in [2.75, 3.05) is 0 Å². The molecule has 0 fully saturated rings. The Balaban J connectivity index is 2.77. The SMILES string of the molecule is C=C(N=Cc1ccc([N+](=O)[O-])o1)C(N)=O. The molecule has 0 aliphatic carbocycles. The second-order valence-electron chi connectivity index (χ2n) is 2.50. The van der Waals surface area contributed by atoms with Crippen LogP contribution in [0.5, 0.6) is 0 Å². The largest absolute Gasteiger partial charge is 0.433 e. The summed E-state index contributed by atoms with van der Waals surface area (Å²) >= 11 is 0. The molecule has 0 saturated heterocycles. The number of nitro groups is 1. The molecule has 0 aromatic carbocycles. The highest BCUT2D eigenvalue weighted by Gasteiger charge is 2.10. The maximum atomic E-state index is 10.5. The van der Waals surface area contributed by atoms with Crippen LogP contribution >= 0.6 is 0 Å². The Morgan fingerprint density at radius 2 is 2.33 bits per heavy atom. The van der Waals surface area contributed by atoms with Gasteiger partial charge in [0, 0.05) is 0 Å². The van der Waals surface area contributed by atoms with Crippen molar-refractivity contribution in [3.8, 4) is 0 Å². The molecule has 0 saturated carbocycles. The first-order chi connectivity index (χ1) is 7.00. The molecular formula is C8H7N3O4. The van der Waals surface area contributed by atoms with E-state index in [0.717, 1.165) is 6.21 Å². The normalized spacial score (nSPS) is 10.4. The van der Waals surface area contributed by atoms with Gasteiger partial charge in [0.1, 0.15) is 10.6 Å². The van der Waals surface area contributed by atoms with E-state index in [1.54, 1.807) is 0 Å². The van der Waals surface area contributed by atoms with Crippen LogP contribution < -0.4 is 5.73 Å². The van der Waals surface area contributed by atoms with E-state index >= 15 is 0 Å². The van der Waals surface area contributed by atoms with Crippen molar-refractivity contribution < 1.29 is 14.1 Å². The van der Waals surface area contributed by atoms with Crippen molar-refractivity contribution in [2.45, 2.75) is 0 Å². The minimum atomic E-state index is -0.771. The molecule has 0 radical (unpaired) electrons. The summed E-state index contributed by atoms with van der Waals surface area (Å²) in [5.41, 5.74) is 4.70. The molecule has 0 aliphatic rings. The highest BCUT2D eigenvalue weighted by atomic mass is 16.6. The quantitative estimate of drug-likeness (QED) is 0.338. The Bertz CT molecular complexity index is 446. The number of nitrogens with zero attached hydrogens (tertiary/aromatic N) is 2. The van der Waals surface area contributed by atoms with Gasteiger partial charge in [-0.15, -0.1) is 0 Å². The summed E-state index contributed by atoms with van der Waals surface area (Å²) in [6.07, 6.45) is 1.13. The van der Waals surface area contributed by atoms with E-state index in [1.807, 2.05) is 0 Å². The van der Waals surface area contributed by atoms with Gasteiger partial charge in [-0.05, 0) is 6.07 Å². The first-order valence-corrected chi connectivity index (χ1v) is 3.77. The molecule has 0 unspecified atom stereocenters. The summed E-state index contributed by atoms with van der Waals surface area (Å²) in [7, 11) is 0. The Morgan fingerprint density at radius 1 is 1.67 bits per heavy atom. The summed E-state index contributed by atoms with van der Waals surface area (Å²) in [6.45, 7) is 3.26. The zero-order chi connectivity index (χ0) is 11.4. The minimum Gasteiger partial charge on any atom is -0.400 e. The molecule has 1 heterocycles. The van der Waals surface area contributed by atoms with Crippen LogP contribution in [0.3, 0.4) is 0 Å². The third-order valence-electron chi connectivity index (χ3n) is 1.42. The zero-order valence-electron chi connectivity index (χ0n) is 7.54. The molecule has 2 N–H and O–H groups in total. The van der Waals surface area contributed by atoms with Crippen molar-refractivity contribution in [3.63, 3.8) is 0 Å². The fraction of sp³-hybridized carbons (Fsp3) is 0. The number of hydrogen-bond acceptors (Lipinski definition) is 5. The van der Waals surface area contributed by atoms with Crippen LogP contribution in [-0.4, -0.2) is 17.0 Å². The molecule has 0 atom stereocenters. The number of primary amides is 1. The molecule has 15 heavy (non-hydrogen) atoms. The number of carbonyl (C=O) groups is 1. The van der Waals surface area contributed by atoms with E-state index in [2.05, 4.69) is 11.6 Å². The third-order valence-corrected chi connectivity index (χ3v) is 1.42. The van der Waals surface area contributed by atoms with Crippen LogP contribution in [0.25, 0.3) is 0 Å². The number of aliphatic imine (C=N–C) groups is 1. The maximum Gasteiger partial charge on any atom is 0.433 e. The van der Waals surface area contributed by atoms with Crippen LogP contribution in [0.4, 0.5) is 5.88 Å². The molecule has 1 aromatic heterocycles. The van der Waals surface area contributed by atoms with Gasteiger partial charge >= 0.3 is 5.88 Å². The molecule has 0 spiro atoms. The lowest BCUT2D eigenvalue weighted by atomic mass is 10.4. The summed E-state index contributed by atoms with van der Waals surface area (Å²) in [4.78, 5) is 23.6. The van der Waals surface area contributed by atoms with Crippen LogP contribution in [0.15, 0.2) is 33.8 Å². The Kier molecular flexibility index (Phi) is 2.97. The van der Waals surface area contributed by atoms with Crippen molar-refractivity contribution in [3.05, 3.63) is 40.3 Å². The number of amides is 1. The topological polar surface area (TPSA) is 112 Å². The lowest BCUT2D eigenvalue weighted by Crippen LogP contribution is -2.11. The zero-order valence-corrected chi connectivity index (χ0v) is 7.54. The van der Waals surface area contributed by atoms with Gasteiger partial charge in [0.15, 0.2) is 5.76 Å². The minimum absolute atomic E-state index is 0.143. The van der Waals surface area contributed by atoms with Crippen LogP contribution in [-0.2, 0) is 4.79 Å². The first kappa shape index (κ1) is 10.6. The number of rotatable bonds is 4. The molecule has 1 rings (SSSR count). The standard InChI is InChI=1S/C8H7N3O4/c1-5(8(9)12)10-4-6-2-3-7(15-6)11(13)14/h2-4H,1H2,(H2,9,12). The van der Waals surface area contributed by atoms with E-state index in [4.69, 9.17) is 10.2 Å². The average molecular weight is 209 g/mol. The van der Waals surface area contributed by atoms with Crippen LogP contribution in [0, 0.1) is 10.1 Å². The Morgan fingerprint density at radius 3 is 2.80 bits per heavy atom. The maximum absolute atomic E-state index is 10.5. The fourth-order valence-electron chi connectivity index (χ4n) is 0.715. The monoisotopic (exact) mass is 209 g/mol. The van der Waals surface area contributed by atoms with E-state index in [-0.39, 0.29) is 11.5 Å². The third kappa shape index (κ3) is 2.76. The smallest absolute Gasteiger partial charge is 0.400 e. The van der Waals surface area contributed by atoms with Gasteiger partial charge in [0.2, 0.25) is 0 Å². The Labute approximate surface area is 84.0 Å². The molecular weight excluding hydrogens is 202 g/mol. The van der Waals surface area contributed by atoms with Gasteiger partial charge in [-0.3, -0.25) is 14.9 Å². The molecule has 78 valence electrons. The van der Waals surface area contributed by atoms with Crippen molar-refractivity contribution >= 4 is 18.0 Å². The number of nitrogens with two attached hydrogens (primary N) is 1. The fourth-order valence-corrected chi connectivity index (χ4v) is 0.715. The molecule has 0 aliphatic heterocycles. The van der Waals surface area contributed by atoms with Crippen LogP contribution in [0.2, 0.25) is 0 Å². The molecule has 1 amide bonds. The number of carbonyl (C=O) groups excluding carboxylic acids is 1. The lowest BCUT2D eigenvalue weighted by molar-refractivity contribution is -0.402. The lowest BCUT2D eigenvalue weighted by Gasteiger charge is -1.88. The first-order valence-electron chi connectivity index (χ1n) is 3.77. The van der Waals surface area contributed by atoms with Gasteiger partial charge in [-0.25, -0.2) is 4.99 Å². The highest BCUT2D eigenvalue weighted by Crippen LogP contribution is 2.14. The molecule has 1 aromatic rings. The number of furan rings is 1. The summed E-state index contributed by atoms with van der Waals surface area (Å²) in [5, 5.41) is 10.2. The van der Waals surface area contributed by atoms with Crippen molar-refractivity contribution in [2.24, 2.45) is 10.7 Å². The summed E-state index contributed by atoms with van der Waals surface area (Å²) in [5.74, 6) is -1.03. The second-order valence-corrected chi connectivity index (χ2v) is 2.50. The van der Waals surface area contributed by atoms with E-state index in [9.17, 15) is 14.9 Å². The van der Waals surface area contributed by atoms with E-state index in [1.165, 1.54) is 12.1 Å². The van der Waals surface area contributed by atoms with Crippen molar-refractivity contribution in [1.82, 2.24) is 0 Å².